The van der Waals surface area contributed by atoms with Crippen LogP contribution in [0, 0.1) is 16.7 Å². The molecule has 2 rings (SSSR count). The molecule has 0 aliphatic carbocycles. The summed E-state index contributed by atoms with van der Waals surface area (Å²) in [5, 5.41) is 8.95. The molecule has 2 aromatic rings. The van der Waals surface area contributed by atoms with Crippen LogP contribution in [0.15, 0.2) is 42.5 Å². The lowest BCUT2D eigenvalue weighted by atomic mass is 9.88. The smallest absolute Gasteiger partial charge is 0.162 e. The van der Waals surface area contributed by atoms with Crippen molar-refractivity contribution in [3.8, 4) is 22.9 Å². The van der Waals surface area contributed by atoms with E-state index in [1.54, 1.807) is 19.2 Å². The molecule has 0 N–H and O–H groups in total. The highest BCUT2D eigenvalue weighted by Crippen LogP contribution is 2.31. The van der Waals surface area contributed by atoms with Gasteiger partial charge in [-0.05, 0) is 41.2 Å². The molecule has 0 saturated heterocycles. The van der Waals surface area contributed by atoms with Gasteiger partial charge in [0.1, 0.15) is 11.9 Å². The van der Waals surface area contributed by atoms with Crippen LogP contribution in [0.25, 0.3) is 11.1 Å². The van der Waals surface area contributed by atoms with Crippen LogP contribution in [0.1, 0.15) is 51.7 Å². The number of hydrogen-bond acceptors (Lipinski definition) is 4. The van der Waals surface area contributed by atoms with Crippen molar-refractivity contribution in [2.24, 2.45) is 5.41 Å². The second-order valence-electron chi connectivity index (χ2n) is 8.14. The number of ether oxygens (including phenoxy) is 2. The molecule has 0 aliphatic rings. The molecule has 1 atom stereocenters. The lowest BCUT2D eigenvalue weighted by Gasteiger charge is -2.22. The predicted molar refractivity (Wildman–Crippen MR) is 111 cm³/mol. The summed E-state index contributed by atoms with van der Waals surface area (Å²) in [4.78, 5) is 12.5. The number of nitriles is 1. The number of rotatable bonds is 8. The van der Waals surface area contributed by atoms with Gasteiger partial charge >= 0.3 is 0 Å². The van der Waals surface area contributed by atoms with Gasteiger partial charge in [0.15, 0.2) is 5.78 Å². The second-order valence-corrected chi connectivity index (χ2v) is 8.14. The Bertz CT molecular complexity index is 842. The molecule has 0 aromatic heterocycles. The third-order valence-corrected chi connectivity index (χ3v) is 4.48. The van der Waals surface area contributed by atoms with Crippen LogP contribution in [0.4, 0.5) is 0 Å². The van der Waals surface area contributed by atoms with Crippen molar-refractivity contribution < 1.29 is 14.3 Å². The van der Waals surface area contributed by atoms with E-state index in [9.17, 15) is 4.79 Å². The summed E-state index contributed by atoms with van der Waals surface area (Å²) < 4.78 is 11.5. The number of benzene rings is 2. The number of carbonyl (C=O) groups excluding carboxylic acids is 1. The summed E-state index contributed by atoms with van der Waals surface area (Å²) in [7, 11) is 1.63. The second kappa shape index (κ2) is 9.52. The maximum atomic E-state index is 12.5. The van der Waals surface area contributed by atoms with E-state index >= 15 is 0 Å². The average molecular weight is 380 g/mol. The summed E-state index contributed by atoms with van der Waals surface area (Å²) in [6.07, 6.45) is 0.783. The molecule has 2 aromatic carbocycles. The Morgan fingerprint density at radius 2 is 1.82 bits per heavy atom. The van der Waals surface area contributed by atoms with E-state index in [1.165, 1.54) is 0 Å². The Morgan fingerprint density at radius 1 is 1.14 bits per heavy atom. The van der Waals surface area contributed by atoms with Gasteiger partial charge in [-0.2, -0.15) is 5.26 Å². The summed E-state index contributed by atoms with van der Waals surface area (Å²) in [5.41, 5.74) is 3.47. The van der Waals surface area contributed by atoms with Gasteiger partial charge < -0.3 is 9.47 Å². The minimum absolute atomic E-state index is 0.0418. The van der Waals surface area contributed by atoms with E-state index in [4.69, 9.17) is 14.7 Å². The SMILES string of the molecule is CCC(OCc1ccc(-c2ccc(C#N)cc2)c(OC)c1)C(=O)CC(C)(C)C. The summed E-state index contributed by atoms with van der Waals surface area (Å²) >= 11 is 0. The van der Waals surface area contributed by atoms with Crippen molar-refractivity contribution in [2.45, 2.75) is 53.2 Å². The van der Waals surface area contributed by atoms with Gasteiger partial charge in [0.2, 0.25) is 0 Å². The van der Waals surface area contributed by atoms with E-state index in [-0.39, 0.29) is 17.3 Å². The van der Waals surface area contributed by atoms with Gasteiger partial charge in [0.05, 0.1) is 25.3 Å². The number of nitrogens with zero attached hydrogens (tertiary/aromatic N) is 1. The van der Waals surface area contributed by atoms with Crippen molar-refractivity contribution in [1.29, 1.82) is 5.26 Å². The maximum Gasteiger partial charge on any atom is 0.162 e. The zero-order valence-electron chi connectivity index (χ0n) is 17.4. The van der Waals surface area contributed by atoms with Gasteiger partial charge in [-0.3, -0.25) is 4.79 Å². The Balaban J connectivity index is 2.12. The van der Waals surface area contributed by atoms with E-state index in [2.05, 4.69) is 26.8 Å². The van der Waals surface area contributed by atoms with Crippen LogP contribution in [0.3, 0.4) is 0 Å². The third kappa shape index (κ3) is 5.94. The molecule has 0 bridgehead atoms. The van der Waals surface area contributed by atoms with Crippen LogP contribution in [-0.2, 0) is 16.1 Å². The average Bonchev–Trinajstić information content (AvgIpc) is 2.67. The van der Waals surface area contributed by atoms with Crippen molar-refractivity contribution in [2.75, 3.05) is 7.11 Å². The maximum absolute atomic E-state index is 12.5. The lowest BCUT2D eigenvalue weighted by Crippen LogP contribution is -2.27. The molecule has 0 spiro atoms. The molecule has 0 saturated carbocycles. The van der Waals surface area contributed by atoms with Crippen LogP contribution in [0.2, 0.25) is 0 Å². The Kier molecular flexibility index (Phi) is 7.37. The van der Waals surface area contributed by atoms with Crippen LogP contribution in [0.5, 0.6) is 5.75 Å². The van der Waals surface area contributed by atoms with E-state index in [0.717, 1.165) is 22.4 Å². The Hall–Kier alpha value is -2.64. The fourth-order valence-corrected chi connectivity index (χ4v) is 3.06. The van der Waals surface area contributed by atoms with Gasteiger partial charge in [-0.15, -0.1) is 0 Å². The highest BCUT2D eigenvalue weighted by Gasteiger charge is 2.23. The van der Waals surface area contributed by atoms with Gasteiger partial charge in [0, 0.05) is 12.0 Å². The number of carbonyl (C=O) groups is 1. The fourth-order valence-electron chi connectivity index (χ4n) is 3.06. The number of hydrogen-bond donors (Lipinski definition) is 0. The van der Waals surface area contributed by atoms with Gasteiger partial charge in [0.25, 0.3) is 0 Å². The molecular formula is C24H29NO3. The third-order valence-electron chi connectivity index (χ3n) is 4.48. The van der Waals surface area contributed by atoms with Gasteiger partial charge in [-0.1, -0.05) is 52.0 Å². The van der Waals surface area contributed by atoms with Crippen LogP contribution >= 0.6 is 0 Å². The highest BCUT2D eigenvalue weighted by atomic mass is 16.5. The molecule has 0 fully saturated rings. The molecule has 0 heterocycles. The molecule has 0 aliphatic heterocycles. The molecule has 148 valence electrons. The lowest BCUT2D eigenvalue weighted by molar-refractivity contribution is -0.133. The van der Waals surface area contributed by atoms with E-state index in [0.29, 0.717) is 25.0 Å². The van der Waals surface area contributed by atoms with Crippen molar-refractivity contribution >= 4 is 5.78 Å². The molecule has 0 radical (unpaired) electrons. The standard InChI is InChI=1S/C24H29NO3/c1-6-22(21(26)14-24(2,3)4)28-16-18-9-12-20(23(13-18)27-5)19-10-7-17(15-25)8-11-19/h7-13,22H,6,14,16H2,1-5H3. The van der Waals surface area contributed by atoms with Crippen molar-refractivity contribution in [3.63, 3.8) is 0 Å². The first kappa shape index (κ1) is 21.7. The van der Waals surface area contributed by atoms with Crippen molar-refractivity contribution in [1.82, 2.24) is 0 Å². The molecule has 1 unspecified atom stereocenters. The number of methoxy groups -OCH3 is 1. The number of ketones is 1. The monoisotopic (exact) mass is 379 g/mol. The first-order valence-corrected chi connectivity index (χ1v) is 9.59. The first-order valence-electron chi connectivity index (χ1n) is 9.59. The number of Topliss-reactive ketones (excluding diaryl/α,β-unsaturated/α-hetero) is 1. The molecular weight excluding hydrogens is 350 g/mol. The molecule has 28 heavy (non-hydrogen) atoms. The highest BCUT2D eigenvalue weighted by molar-refractivity contribution is 5.83. The topological polar surface area (TPSA) is 59.3 Å². The molecule has 4 nitrogen and oxygen atoms in total. The van der Waals surface area contributed by atoms with Gasteiger partial charge in [-0.25, -0.2) is 0 Å². The zero-order chi connectivity index (χ0) is 20.7. The normalized spacial score (nSPS) is 12.3. The van der Waals surface area contributed by atoms with Crippen LogP contribution in [-0.4, -0.2) is 19.0 Å². The summed E-state index contributed by atoms with van der Waals surface area (Å²) in [5.74, 6) is 0.885. The molecule has 0 amide bonds. The zero-order valence-corrected chi connectivity index (χ0v) is 17.4. The van der Waals surface area contributed by atoms with Crippen molar-refractivity contribution in [3.05, 3.63) is 53.6 Å². The van der Waals surface area contributed by atoms with Crippen LogP contribution < -0.4 is 4.74 Å². The summed E-state index contributed by atoms with van der Waals surface area (Å²) in [6, 6.07) is 15.4. The molecule has 4 heteroatoms. The summed E-state index contributed by atoms with van der Waals surface area (Å²) in [6.45, 7) is 8.51. The minimum atomic E-state index is -0.386. The Morgan fingerprint density at radius 3 is 2.36 bits per heavy atom. The Labute approximate surface area is 168 Å². The van der Waals surface area contributed by atoms with E-state index < -0.39 is 0 Å². The minimum Gasteiger partial charge on any atom is -0.496 e. The first-order chi connectivity index (χ1) is 13.3. The fraction of sp³-hybridized carbons (Fsp3) is 0.417. The predicted octanol–water partition coefficient (Wildman–Crippen LogP) is 5.53. The quantitative estimate of drug-likeness (QED) is 0.605. The largest absolute Gasteiger partial charge is 0.496 e. The van der Waals surface area contributed by atoms with E-state index in [1.807, 2.05) is 37.3 Å².